The molecule has 0 radical (unpaired) electrons. The first-order chi connectivity index (χ1) is 8.76. The lowest BCUT2D eigenvalue weighted by atomic mass is 9.94. The molecule has 0 fully saturated rings. The molecule has 0 aromatic carbocycles. The second kappa shape index (κ2) is 6.86. The van der Waals surface area contributed by atoms with Gasteiger partial charge in [0, 0.05) is 19.6 Å². The number of nitrogens with zero attached hydrogens (tertiary/aromatic N) is 2. The van der Waals surface area contributed by atoms with E-state index in [1.54, 1.807) is 0 Å². The van der Waals surface area contributed by atoms with Crippen LogP contribution in [0.3, 0.4) is 0 Å². The Labute approximate surface area is 124 Å². The molecule has 0 aliphatic rings. The van der Waals surface area contributed by atoms with E-state index in [1.165, 1.54) is 0 Å². The standard InChI is InChI=1S/C14H26BrN3O/c1-6-18-12(13(15)11(4)17-18)8-16-9-14(5,19)7-10(2)3/h10,16,19H,6-9H2,1-5H3. The van der Waals surface area contributed by atoms with Crippen LogP contribution >= 0.6 is 15.9 Å². The van der Waals surface area contributed by atoms with E-state index in [9.17, 15) is 5.11 Å². The van der Waals surface area contributed by atoms with Crippen LogP contribution < -0.4 is 5.32 Å². The van der Waals surface area contributed by atoms with Crippen LogP contribution in [0.4, 0.5) is 0 Å². The molecule has 0 bridgehead atoms. The Morgan fingerprint density at radius 3 is 2.63 bits per heavy atom. The zero-order valence-electron chi connectivity index (χ0n) is 12.6. The zero-order valence-corrected chi connectivity index (χ0v) is 14.2. The number of nitrogens with one attached hydrogen (secondary N) is 1. The molecule has 2 N–H and O–H groups in total. The van der Waals surface area contributed by atoms with Crippen LogP contribution in [0, 0.1) is 12.8 Å². The topological polar surface area (TPSA) is 50.1 Å². The Hall–Kier alpha value is -0.390. The fourth-order valence-electron chi connectivity index (χ4n) is 2.44. The minimum atomic E-state index is -0.660. The van der Waals surface area contributed by atoms with Gasteiger partial charge in [-0.3, -0.25) is 4.68 Å². The molecule has 1 unspecified atom stereocenters. The molecule has 1 aromatic heterocycles. The van der Waals surface area contributed by atoms with E-state index >= 15 is 0 Å². The lowest BCUT2D eigenvalue weighted by Crippen LogP contribution is -2.39. The second-order valence-electron chi connectivity index (χ2n) is 5.86. The normalized spacial score (nSPS) is 14.9. The lowest BCUT2D eigenvalue weighted by Gasteiger charge is -2.25. The predicted octanol–water partition coefficient (Wildman–Crippen LogP) is 2.86. The number of aryl methyl sites for hydroxylation is 2. The largest absolute Gasteiger partial charge is 0.389 e. The average Bonchev–Trinajstić information content (AvgIpc) is 2.54. The number of hydrogen-bond acceptors (Lipinski definition) is 3. The van der Waals surface area contributed by atoms with E-state index in [0.29, 0.717) is 19.0 Å². The summed E-state index contributed by atoms with van der Waals surface area (Å²) in [5.41, 5.74) is 1.49. The molecule has 0 saturated carbocycles. The summed E-state index contributed by atoms with van der Waals surface area (Å²) in [6.45, 7) is 12.4. The predicted molar refractivity (Wildman–Crippen MR) is 82.1 cm³/mol. The Kier molecular flexibility index (Phi) is 6.02. The van der Waals surface area contributed by atoms with Gasteiger partial charge in [0.2, 0.25) is 0 Å². The van der Waals surface area contributed by atoms with Crippen LogP contribution in [0.1, 0.15) is 45.5 Å². The Balaban J connectivity index is 2.58. The number of halogens is 1. The van der Waals surface area contributed by atoms with Crippen molar-refractivity contribution in [2.45, 2.75) is 59.7 Å². The van der Waals surface area contributed by atoms with Crippen LogP contribution in [0.15, 0.2) is 4.47 Å². The molecule has 1 rings (SSSR count). The van der Waals surface area contributed by atoms with Gasteiger partial charge in [-0.15, -0.1) is 0 Å². The van der Waals surface area contributed by atoms with E-state index in [1.807, 2.05) is 18.5 Å². The van der Waals surface area contributed by atoms with Gasteiger partial charge in [0.15, 0.2) is 0 Å². The number of rotatable bonds is 7. The third-order valence-corrected chi connectivity index (χ3v) is 4.13. The molecular formula is C14H26BrN3O. The molecule has 19 heavy (non-hydrogen) atoms. The quantitative estimate of drug-likeness (QED) is 0.807. The molecule has 0 aliphatic heterocycles. The van der Waals surface area contributed by atoms with Crippen LogP contribution in [0.2, 0.25) is 0 Å². The second-order valence-corrected chi connectivity index (χ2v) is 6.65. The molecule has 0 spiro atoms. The van der Waals surface area contributed by atoms with Crippen molar-refractivity contribution in [2.75, 3.05) is 6.54 Å². The fourth-order valence-corrected chi connectivity index (χ4v) is 2.86. The summed E-state index contributed by atoms with van der Waals surface area (Å²) in [6.07, 6.45) is 0.799. The number of aromatic nitrogens is 2. The molecule has 1 atom stereocenters. The van der Waals surface area contributed by atoms with Crippen molar-refractivity contribution < 1.29 is 5.11 Å². The first-order valence-electron chi connectivity index (χ1n) is 6.91. The van der Waals surface area contributed by atoms with Crippen LogP contribution in [0.5, 0.6) is 0 Å². The van der Waals surface area contributed by atoms with Gasteiger partial charge < -0.3 is 10.4 Å². The molecule has 0 amide bonds. The third-order valence-electron chi connectivity index (χ3n) is 3.10. The van der Waals surface area contributed by atoms with E-state index in [-0.39, 0.29) is 0 Å². The minimum absolute atomic E-state index is 0.493. The van der Waals surface area contributed by atoms with Crippen LogP contribution in [-0.2, 0) is 13.1 Å². The Bertz CT molecular complexity index is 413. The van der Waals surface area contributed by atoms with Gasteiger partial charge in [0.1, 0.15) is 0 Å². The van der Waals surface area contributed by atoms with Crippen molar-refractivity contribution in [3.63, 3.8) is 0 Å². The number of aliphatic hydroxyl groups is 1. The summed E-state index contributed by atoms with van der Waals surface area (Å²) in [6, 6.07) is 0. The van der Waals surface area contributed by atoms with Gasteiger partial charge in [0.25, 0.3) is 0 Å². The monoisotopic (exact) mass is 331 g/mol. The maximum Gasteiger partial charge on any atom is 0.0746 e. The highest BCUT2D eigenvalue weighted by Gasteiger charge is 2.21. The van der Waals surface area contributed by atoms with Crippen molar-refractivity contribution in [2.24, 2.45) is 5.92 Å². The zero-order chi connectivity index (χ0) is 14.6. The first-order valence-corrected chi connectivity index (χ1v) is 7.71. The highest BCUT2D eigenvalue weighted by molar-refractivity contribution is 9.10. The average molecular weight is 332 g/mol. The summed E-state index contributed by atoms with van der Waals surface area (Å²) in [5.74, 6) is 0.493. The van der Waals surface area contributed by atoms with Gasteiger partial charge >= 0.3 is 0 Å². The molecule has 1 aromatic rings. The smallest absolute Gasteiger partial charge is 0.0746 e. The van der Waals surface area contributed by atoms with Crippen molar-refractivity contribution in [1.29, 1.82) is 0 Å². The molecule has 5 heteroatoms. The SMILES string of the molecule is CCn1nc(C)c(Br)c1CNCC(C)(O)CC(C)C. The Morgan fingerprint density at radius 2 is 2.11 bits per heavy atom. The summed E-state index contributed by atoms with van der Waals surface area (Å²) in [5, 5.41) is 18.1. The fraction of sp³-hybridized carbons (Fsp3) is 0.786. The van der Waals surface area contributed by atoms with Crippen LogP contribution in [0.25, 0.3) is 0 Å². The minimum Gasteiger partial charge on any atom is -0.389 e. The highest BCUT2D eigenvalue weighted by atomic mass is 79.9. The maximum atomic E-state index is 10.3. The van der Waals surface area contributed by atoms with Gasteiger partial charge in [-0.25, -0.2) is 0 Å². The van der Waals surface area contributed by atoms with Crippen LogP contribution in [-0.4, -0.2) is 27.0 Å². The molecule has 0 aliphatic carbocycles. The summed E-state index contributed by atoms with van der Waals surface area (Å²) < 4.78 is 3.05. The summed E-state index contributed by atoms with van der Waals surface area (Å²) >= 11 is 3.58. The van der Waals surface area contributed by atoms with Gasteiger partial charge in [-0.1, -0.05) is 13.8 Å². The maximum absolute atomic E-state index is 10.3. The third kappa shape index (κ3) is 4.89. The molecular weight excluding hydrogens is 306 g/mol. The van der Waals surface area contributed by atoms with E-state index in [0.717, 1.165) is 28.8 Å². The molecule has 1 heterocycles. The molecule has 4 nitrogen and oxygen atoms in total. The summed E-state index contributed by atoms with van der Waals surface area (Å²) in [7, 11) is 0. The van der Waals surface area contributed by atoms with Crippen molar-refractivity contribution >= 4 is 15.9 Å². The van der Waals surface area contributed by atoms with E-state index in [4.69, 9.17) is 0 Å². The lowest BCUT2D eigenvalue weighted by molar-refractivity contribution is 0.0381. The first kappa shape index (κ1) is 16.7. The highest BCUT2D eigenvalue weighted by Crippen LogP contribution is 2.21. The van der Waals surface area contributed by atoms with E-state index in [2.05, 4.69) is 47.1 Å². The number of hydrogen-bond donors (Lipinski definition) is 2. The van der Waals surface area contributed by atoms with Crippen molar-refractivity contribution in [3.05, 3.63) is 15.9 Å². The van der Waals surface area contributed by atoms with E-state index < -0.39 is 5.60 Å². The van der Waals surface area contributed by atoms with Crippen molar-refractivity contribution in [1.82, 2.24) is 15.1 Å². The van der Waals surface area contributed by atoms with Gasteiger partial charge in [0.05, 0.1) is 21.5 Å². The molecule has 0 saturated heterocycles. The Morgan fingerprint density at radius 1 is 1.47 bits per heavy atom. The van der Waals surface area contributed by atoms with Crippen molar-refractivity contribution in [3.8, 4) is 0 Å². The van der Waals surface area contributed by atoms with Gasteiger partial charge in [-0.05, 0) is 49.0 Å². The summed E-state index contributed by atoms with van der Waals surface area (Å²) in [4.78, 5) is 0. The molecule has 110 valence electrons. The van der Waals surface area contributed by atoms with Gasteiger partial charge in [-0.2, -0.15) is 5.10 Å².